The summed E-state index contributed by atoms with van der Waals surface area (Å²) >= 11 is 0. The van der Waals surface area contributed by atoms with Crippen molar-refractivity contribution in [1.29, 1.82) is 0 Å². The number of amides is 2. The summed E-state index contributed by atoms with van der Waals surface area (Å²) in [6, 6.07) is 9.30. The number of benzene rings is 1. The highest BCUT2D eigenvalue weighted by Crippen LogP contribution is 2.23. The van der Waals surface area contributed by atoms with Crippen LogP contribution in [-0.2, 0) is 17.7 Å². The molecule has 2 aliphatic heterocycles. The van der Waals surface area contributed by atoms with Gasteiger partial charge in [0.05, 0.1) is 31.1 Å². The topological polar surface area (TPSA) is 101 Å². The van der Waals surface area contributed by atoms with Crippen molar-refractivity contribution in [2.24, 2.45) is 0 Å². The number of aromatic amines is 1. The summed E-state index contributed by atoms with van der Waals surface area (Å²) in [6.07, 6.45) is 2.59. The van der Waals surface area contributed by atoms with Gasteiger partial charge in [-0.15, -0.1) is 0 Å². The van der Waals surface area contributed by atoms with E-state index < -0.39 is 0 Å². The van der Waals surface area contributed by atoms with Crippen LogP contribution in [0.2, 0.25) is 0 Å². The number of ether oxygens (including phenoxy) is 2. The SMILES string of the molecule is COc1ccc(-c2cc3nc4c(c(=O)n3[nH]2)CCN(C(=O)NCC2CCCO2)C4)cc1. The van der Waals surface area contributed by atoms with E-state index in [2.05, 4.69) is 15.4 Å². The molecule has 3 aromatic rings. The van der Waals surface area contributed by atoms with Crippen molar-refractivity contribution < 1.29 is 14.3 Å². The molecule has 0 radical (unpaired) electrons. The molecule has 0 spiro atoms. The monoisotopic (exact) mass is 423 g/mol. The second kappa shape index (κ2) is 8.07. The van der Waals surface area contributed by atoms with Crippen molar-refractivity contribution in [3.05, 3.63) is 51.9 Å². The third-order valence-electron chi connectivity index (χ3n) is 5.96. The second-order valence-corrected chi connectivity index (χ2v) is 7.93. The Morgan fingerprint density at radius 1 is 1.35 bits per heavy atom. The fraction of sp³-hybridized carbons (Fsp3) is 0.409. The Kier molecular flexibility index (Phi) is 5.11. The lowest BCUT2D eigenvalue weighted by molar-refractivity contribution is 0.108. The Morgan fingerprint density at radius 3 is 2.94 bits per heavy atom. The van der Waals surface area contributed by atoms with E-state index in [4.69, 9.17) is 9.47 Å². The fourth-order valence-electron chi connectivity index (χ4n) is 4.20. The van der Waals surface area contributed by atoms with Gasteiger partial charge in [-0.2, -0.15) is 0 Å². The van der Waals surface area contributed by atoms with E-state index in [-0.39, 0.29) is 17.7 Å². The van der Waals surface area contributed by atoms with Gasteiger partial charge in [0.15, 0.2) is 5.65 Å². The molecule has 2 aliphatic rings. The quantitative estimate of drug-likeness (QED) is 0.668. The Labute approximate surface area is 179 Å². The smallest absolute Gasteiger partial charge is 0.317 e. The number of carbonyl (C=O) groups excluding carboxylic acids is 1. The van der Waals surface area contributed by atoms with Crippen LogP contribution >= 0.6 is 0 Å². The van der Waals surface area contributed by atoms with Crippen LogP contribution in [0, 0.1) is 0 Å². The molecule has 4 heterocycles. The lowest BCUT2D eigenvalue weighted by Crippen LogP contribution is -2.46. The molecule has 2 N–H and O–H groups in total. The molecule has 1 aromatic carbocycles. The summed E-state index contributed by atoms with van der Waals surface area (Å²) in [5.41, 5.74) is 3.46. The molecular weight excluding hydrogens is 398 g/mol. The minimum Gasteiger partial charge on any atom is -0.497 e. The van der Waals surface area contributed by atoms with Crippen LogP contribution in [0.25, 0.3) is 16.9 Å². The first-order chi connectivity index (χ1) is 15.1. The van der Waals surface area contributed by atoms with Gasteiger partial charge in [0.1, 0.15) is 5.75 Å². The predicted molar refractivity (Wildman–Crippen MR) is 114 cm³/mol. The van der Waals surface area contributed by atoms with E-state index in [0.29, 0.717) is 43.0 Å². The highest BCUT2D eigenvalue weighted by molar-refractivity contribution is 5.74. The van der Waals surface area contributed by atoms with E-state index in [9.17, 15) is 9.59 Å². The van der Waals surface area contributed by atoms with Crippen LogP contribution in [0.1, 0.15) is 24.1 Å². The van der Waals surface area contributed by atoms with Gasteiger partial charge in [-0.3, -0.25) is 9.89 Å². The average Bonchev–Trinajstić information content (AvgIpc) is 3.47. The third-order valence-corrected chi connectivity index (χ3v) is 5.96. The summed E-state index contributed by atoms with van der Waals surface area (Å²) in [5, 5.41) is 6.09. The van der Waals surface area contributed by atoms with Gasteiger partial charge in [-0.25, -0.2) is 14.3 Å². The van der Waals surface area contributed by atoms with Crippen molar-refractivity contribution >= 4 is 11.7 Å². The summed E-state index contributed by atoms with van der Waals surface area (Å²) in [6.45, 7) is 2.08. The maximum absolute atomic E-state index is 13.0. The molecule has 0 aliphatic carbocycles. The number of urea groups is 1. The molecule has 0 saturated carbocycles. The van der Waals surface area contributed by atoms with Crippen molar-refractivity contribution in [1.82, 2.24) is 24.8 Å². The summed E-state index contributed by atoms with van der Waals surface area (Å²) in [7, 11) is 1.62. The fourth-order valence-corrected chi connectivity index (χ4v) is 4.20. The number of aromatic nitrogens is 3. The molecule has 9 heteroatoms. The second-order valence-electron chi connectivity index (χ2n) is 7.93. The molecule has 0 bridgehead atoms. The van der Waals surface area contributed by atoms with Crippen molar-refractivity contribution in [2.45, 2.75) is 31.9 Å². The van der Waals surface area contributed by atoms with Gasteiger partial charge >= 0.3 is 6.03 Å². The maximum Gasteiger partial charge on any atom is 0.317 e. The number of hydrogen-bond donors (Lipinski definition) is 2. The zero-order valence-corrected chi connectivity index (χ0v) is 17.4. The minimum absolute atomic E-state index is 0.0969. The van der Waals surface area contributed by atoms with Gasteiger partial charge in [-0.1, -0.05) is 0 Å². The van der Waals surface area contributed by atoms with E-state index in [1.807, 2.05) is 30.3 Å². The lowest BCUT2D eigenvalue weighted by atomic mass is 10.1. The van der Waals surface area contributed by atoms with E-state index >= 15 is 0 Å². The highest BCUT2D eigenvalue weighted by Gasteiger charge is 2.26. The van der Waals surface area contributed by atoms with Gasteiger partial charge in [0.25, 0.3) is 5.56 Å². The zero-order chi connectivity index (χ0) is 21.4. The molecule has 2 amide bonds. The van der Waals surface area contributed by atoms with E-state index in [0.717, 1.165) is 36.5 Å². The molecule has 5 rings (SSSR count). The molecule has 1 unspecified atom stereocenters. The van der Waals surface area contributed by atoms with Crippen LogP contribution in [0.3, 0.4) is 0 Å². The maximum atomic E-state index is 13.0. The summed E-state index contributed by atoms with van der Waals surface area (Å²) < 4.78 is 12.2. The standard InChI is InChI=1S/C22H25N5O4/c1-30-15-6-4-14(5-7-15)18-11-20-24-19-13-26(9-8-17(19)21(28)27(20)25-18)22(29)23-12-16-3-2-10-31-16/h4-7,11,16,25H,2-3,8-10,12-13H2,1H3,(H,23,29). The molecule has 31 heavy (non-hydrogen) atoms. The first-order valence-corrected chi connectivity index (χ1v) is 10.5. The Bertz CT molecular complexity index is 1160. The van der Waals surface area contributed by atoms with Crippen molar-refractivity contribution in [3.8, 4) is 17.0 Å². The summed E-state index contributed by atoms with van der Waals surface area (Å²) in [5.74, 6) is 0.767. The number of H-pyrrole nitrogens is 1. The number of rotatable bonds is 4. The molecule has 1 atom stereocenters. The van der Waals surface area contributed by atoms with Gasteiger partial charge < -0.3 is 19.7 Å². The number of methoxy groups -OCH3 is 1. The number of fused-ring (bicyclic) bond motifs is 2. The van der Waals surface area contributed by atoms with Crippen molar-refractivity contribution in [3.63, 3.8) is 0 Å². The van der Waals surface area contributed by atoms with Crippen LogP contribution in [0.5, 0.6) is 5.75 Å². The number of hydrogen-bond acceptors (Lipinski definition) is 5. The van der Waals surface area contributed by atoms with Gasteiger partial charge in [0.2, 0.25) is 0 Å². The number of nitrogens with zero attached hydrogens (tertiary/aromatic N) is 3. The lowest BCUT2D eigenvalue weighted by Gasteiger charge is -2.28. The normalized spacial score (nSPS) is 18.2. The Morgan fingerprint density at radius 2 is 2.19 bits per heavy atom. The number of nitrogens with one attached hydrogen (secondary N) is 2. The minimum atomic E-state index is -0.142. The van der Waals surface area contributed by atoms with Crippen LogP contribution in [0.4, 0.5) is 4.79 Å². The van der Waals surface area contributed by atoms with Crippen LogP contribution in [-0.4, -0.2) is 58.4 Å². The zero-order valence-electron chi connectivity index (χ0n) is 17.4. The Balaban J connectivity index is 1.37. The number of carbonyl (C=O) groups is 1. The molecule has 2 aromatic heterocycles. The molecule has 1 fully saturated rings. The highest BCUT2D eigenvalue weighted by atomic mass is 16.5. The van der Waals surface area contributed by atoms with Crippen molar-refractivity contribution in [2.75, 3.05) is 26.8 Å². The van der Waals surface area contributed by atoms with Crippen LogP contribution < -0.4 is 15.6 Å². The van der Waals surface area contributed by atoms with E-state index in [1.54, 1.807) is 12.0 Å². The largest absolute Gasteiger partial charge is 0.497 e. The molecule has 9 nitrogen and oxygen atoms in total. The summed E-state index contributed by atoms with van der Waals surface area (Å²) in [4.78, 5) is 32.0. The first-order valence-electron chi connectivity index (χ1n) is 10.5. The van der Waals surface area contributed by atoms with Gasteiger partial charge in [-0.05, 0) is 49.1 Å². The Hall–Kier alpha value is -3.33. The van der Waals surface area contributed by atoms with Gasteiger partial charge in [0, 0.05) is 31.3 Å². The molecular formula is C22H25N5O4. The molecule has 162 valence electrons. The first kappa shape index (κ1) is 19.6. The molecule has 1 saturated heterocycles. The van der Waals surface area contributed by atoms with E-state index in [1.165, 1.54) is 4.52 Å². The average molecular weight is 423 g/mol. The predicted octanol–water partition coefficient (Wildman–Crippen LogP) is 1.94. The third kappa shape index (κ3) is 3.76. The van der Waals surface area contributed by atoms with Crippen LogP contribution in [0.15, 0.2) is 35.1 Å².